The number of nitrogens with one attached hydrogen (secondary N) is 3. The topological polar surface area (TPSA) is 116 Å². The van der Waals surface area contributed by atoms with Gasteiger partial charge in [-0.1, -0.05) is 5.21 Å². The summed E-state index contributed by atoms with van der Waals surface area (Å²) < 4.78 is 0. The Kier molecular flexibility index (Phi) is 2.95. The molecule has 88 valence electrons. The molecular formula is C9H10N6O2. The molecule has 0 aliphatic carbocycles. The van der Waals surface area contributed by atoms with E-state index in [0.717, 1.165) is 0 Å². The molecule has 0 saturated heterocycles. The number of pyridine rings is 1. The van der Waals surface area contributed by atoms with Crippen LogP contribution in [0, 0.1) is 6.92 Å². The monoisotopic (exact) mass is 234 g/mol. The van der Waals surface area contributed by atoms with Crippen LogP contribution in [0.3, 0.4) is 0 Å². The maximum absolute atomic E-state index is 11.7. The van der Waals surface area contributed by atoms with Crippen LogP contribution in [0.5, 0.6) is 0 Å². The Bertz CT molecular complexity index is 573. The van der Waals surface area contributed by atoms with Crippen molar-refractivity contribution in [2.24, 2.45) is 0 Å². The Morgan fingerprint density at radius 2 is 2.35 bits per heavy atom. The van der Waals surface area contributed by atoms with E-state index in [2.05, 4.69) is 30.9 Å². The van der Waals surface area contributed by atoms with Crippen molar-refractivity contribution >= 4 is 5.91 Å². The Labute approximate surface area is 95.4 Å². The lowest BCUT2D eigenvalue weighted by Gasteiger charge is -2.02. The molecule has 0 fully saturated rings. The highest BCUT2D eigenvalue weighted by molar-refractivity contribution is 5.93. The van der Waals surface area contributed by atoms with Crippen LogP contribution < -0.4 is 10.7 Å². The molecule has 17 heavy (non-hydrogen) atoms. The second-order valence-electron chi connectivity index (χ2n) is 3.40. The first-order valence-corrected chi connectivity index (χ1v) is 4.86. The van der Waals surface area contributed by atoms with Crippen LogP contribution in [0.4, 0.5) is 0 Å². The second-order valence-corrected chi connectivity index (χ2v) is 3.40. The van der Waals surface area contributed by atoms with Gasteiger partial charge < -0.3 is 10.3 Å². The fraction of sp³-hybridized carbons (Fsp3) is 0.222. The summed E-state index contributed by atoms with van der Waals surface area (Å²) in [6.07, 6.45) is 1.38. The number of tetrazole rings is 1. The lowest BCUT2D eigenvalue weighted by atomic mass is 10.2. The minimum absolute atomic E-state index is 0.0547. The SMILES string of the molecule is Cc1cc(=O)c(C(=O)NCc2nn[nH]n2)c[nH]1. The Morgan fingerprint density at radius 1 is 1.53 bits per heavy atom. The van der Waals surface area contributed by atoms with Gasteiger partial charge in [0.05, 0.1) is 6.54 Å². The number of aromatic amines is 2. The Morgan fingerprint density at radius 3 is 3.00 bits per heavy atom. The summed E-state index contributed by atoms with van der Waals surface area (Å²) in [5.41, 5.74) is 0.427. The molecule has 2 aromatic rings. The number of aromatic nitrogens is 5. The van der Waals surface area contributed by atoms with Crippen LogP contribution in [0.2, 0.25) is 0 Å². The summed E-state index contributed by atoms with van der Waals surface area (Å²) >= 11 is 0. The molecule has 0 aliphatic heterocycles. The van der Waals surface area contributed by atoms with Gasteiger partial charge in [0.15, 0.2) is 11.3 Å². The summed E-state index contributed by atoms with van der Waals surface area (Å²) in [5, 5.41) is 15.5. The molecule has 0 unspecified atom stereocenters. The van der Waals surface area contributed by atoms with Gasteiger partial charge in [-0.25, -0.2) is 0 Å². The molecule has 0 radical (unpaired) electrons. The Hall–Kier alpha value is -2.51. The molecule has 2 heterocycles. The molecule has 2 rings (SSSR count). The van der Waals surface area contributed by atoms with Crippen molar-refractivity contribution in [3.8, 4) is 0 Å². The van der Waals surface area contributed by atoms with Crippen LogP contribution >= 0.6 is 0 Å². The van der Waals surface area contributed by atoms with Crippen molar-refractivity contribution in [1.82, 2.24) is 30.9 Å². The highest BCUT2D eigenvalue weighted by atomic mass is 16.2. The summed E-state index contributed by atoms with van der Waals surface area (Å²) in [6.45, 7) is 1.85. The van der Waals surface area contributed by atoms with E-state index < -0.39 is 5.91 Å². The number of amides is 1. The fourth-order valence-corrected chi connectivity index (χ4v) is 1.26. The van der Waals surface area contributed by atoms with E-state index in [-0.39, 0.29) is 17.5 Å². The predicted molar refractivity (Wildman–Crippen MR) is 57.1 cm³/mol. The molecular weight excluding hydrogens is 224 g/mol. The molecule has 0 spiro atoms. The van der Waals surface area contributed by atoms with Crippen molar-refractivity contribution < 1.29 is 4.79 Å². The predicted octanol–water partition coefficient (Wildman–Crippen LogP) is -0.874. The number of H-pyrrole nitrogens is 2. The van der Waals surface area contributed by atoms with E-state index in [0.29, 0.717) is 11.5 Å². The van der Waals surface area contributed by atoms with E-state index in [1.165, 1.54) is 12.3 Å². The first-order chi connectivity index (χ1) is 8.16. The van der Waals surface area contributed by atoms with Gasteiger partial charge in [-0.05, 0) is 6.92 Å². The Balaban J connectivity index is 2.07. The summed E-state index contributed by atoms with van der Waals surface area (Å²) in [5.74, 6) is -0.127. The molecule has 3 N–H and O–H groups in total. The van der Waals surface area contributed by atoms with Gasteiger partial charge in [0, 0.05) is 18.0 Å². The summed E-state index contributed by atoms with van der Waals surface area (Å²) in [7, 11) is 0. The zero-order valence-electron chi connectivity index (χ0n) is 9.02. The van der Waals surface area contributed by atoms with Gasteiger partial charge in [-0.3, -0.25) is 9.59 Å². The highest BCUT2D eigenvalue weighted by Gasteiger charge is 2.10. The van der Waals surface area contributed by atoms with Crippen molar-refractivity contribution in [2.45, 2.75) is 13.5 Å². The van der Waals surface area contributed by atoms with E-state index in [9.17, 15) is 9.59 Å². The van der Waals surface area contributed by atoms with Crippen LogP contribution in [0.1, 0.15) is 21.9 Å². The molecule has 1 amide bonds. The lowest BCUT2D eigenvalue weighted by molar-refractivity contribution is 0.0948. The molecule has 0 bridgehead atoms. The average molecular weight is 234 g/mol. The number of rotatable bonds is 3. The maximum Gasteiger partial charge on any atom is 0.257 e. The minimum Gasteiger partial charge on any atom is -0.364 e. The number of aryl methyl sites for hydroxylation is 1. The first-order valence-electron chi connectivity index (χ1n) is 4.86. The van der Waals surface area contributed by atoms with Gasteiger partial charge in [0.2, 0.25) is 0 Å². The number of hydrogen-bond donors (Lipinski definition) is 3. The van der Waals surface area contributed by atoms with Gasteiger partial charge in [0.1, 0.15) is 5.56 Å². The fourth-order valence-electron chi connectivity index (χ4n) is 1.26. The van der Waals surface area contributed by atoms with E-state index >= 15 is 0 Å². The molecule has 8 heteroatoms. The lowest BCUT2D eigenvalue weighted by Crippen LogP contribution is -2.28. The van der Waals surface area contributed by atoms with E-state index in [1.807, 2.05) is 0 Å². The zero-order valence-corrected chi connectivity index (χ0v) is 9.02. The second kappa shape index (κ2) is 4.56. The summed E-state index contributed by atoms with van der Waals surface area (Å²) in [6, 6.07) is 1.36. The third-order valence-corrected chi connectivity index (χ3v) is 2.10. The van der Waals surface area contributed by atoms with Crippen LogP contribution in [0.25, 0.3) is 0 Å². The zero-order chi connectivity index (χ0) is 12.3. The molecule has 8 nitrogen and oxygen atoms in total. The largest absolute Gasteiger partial charge is 0.364 e. The molecule has 2 aromatic heterocycles. The maximum atomic E-state index is 11.7. The van der Waals surface area contributed by atoms with Gasteiger partial charge >= 0.3 is 0 Å². The number of nitrogens with zero attached hydrogens (tertiary/aromatic N) is 3. The number of carbonyl (C=O) groups excluding carboxylic acids is 1. The standard InChI is InChI=1S/C9H10N6O2/c1-5-2-7(16)6(3-10-5)9(17)11-4-8-12-14-15-13-8/h2-3H,4H2,1H3,(H,10,16)(H,11,17)(H,12,13,14,15). The first kappa shape index (κ1) is 11.0. The van der Waals surface area contributed by atoms with Gasteiger partial charge in [-0.2, -0.15) is 5.21 Å². The van der Waals surface area contributed by atoms with Crippen molar-refractivity contribution in [2.75, 3.05) is 0 Å². The smallest absolute Gasteiger partial charge is 0.257 e. The van der Waals surface area contributed by atoms with Crippen molar-refractivity contribution in [3.63, 3.8) is 0 Å². The van der Waals surface area contributed by atoms with Crippen molar-refractivity contribution in [3.05, 3.63) is 39.6 Å². The van der Waals surface area contributed by atoms with E-state index in [1.54, 1.807) is 6.92 Å². The van der Waals surface area contributed by atoms with Crippen LogP contribution in [-0.4, -0.2) is 31.5 Å². The van der Waals surface area contributed by atoms with Gasteiger partial charge in [-0.15, -0.1) is 10.2 Å². The molecule has 0 aliphatic rings. The van der Waals surface area contributed by atoms with Gasteiger partial charge in [0.25, 0.3) is 5.91 Å². The van der Waals surface area contributed by atoms with Crippen molar-refractivity contribution in [1.29, 1.82) is 0 Å². The number of carbonyl (C=O) groups is 1. The number of hydrogen-bond acceptors (Lipinski definition) is 5. The molecule has 0 aromatic carbocycles. The normalized spacial score (nSPS) is 10.2. The average Bonchev–Trinajstić information content (AvgIpc) is 2.78. The highest BCUT2D eigenvalue weighted by Crippen LogP contribution is 1.93. The third-order valence-electron chi connectivity index (χ3n) is 2.10. The molecule has 0 saturated carbocycles. The van der Waals surface area contributed by atoms with Crippen LogP contribution in [0.15, 0.2) is 17.1 Å². The van der Waals surface area contributed by atoms with Crippen LogP contribution in [-0.2, 0) is 6.54 Å². The van der Waals surface area contributed by atoms with E-state index in [4.69, 9.17) is 0 Å². The third kappa shape index (κ3) is 2.54. The summed E-state index contributed by atoms with van der Waals surface area (Å²) in [4.78, 5) is 26.0. The minimum atomic E-state index is -0.476. The molecule has 0 atom stereocenters. The quantitative estimate of drug-likeness (QED) is 0.638.